The maximum atomic E-state index is 11.4. The lowest BCUT2D eigenvalue weighted by molar-refractivity contribution is 0.101. The SMILES string of the molecule is CCCN1CCC(Nc2ccc(C(C)=O)c(N)c2)CC1. The lowest BCUT2D eigenvalue weighted by atomic mass is 10.0. The van der Waals surface area contributed by atoms with Crippen molar-refractivity contribution < 1.29 is 4.79 Å². The van der Waals surface area contributed by atoms with Crippen molar-refractivity contribution in [1.82, 2.24) is 4.90 Å². The molecule has 0 unspecified atom stereocenters. The Kier molecular flexibility index (Phi) is 5.01. The summed E-state index contributed by atoms with van der Waals surface area (Å²) in [6.07, 6.45) is 3.55. The molecule has 0 radical (unpaired) electrons. The van der Waals surface area contributed by atoms with E-state index in [9.17, 15) is 4.79 Å². The van der Waals surface area contributed by atoms with Gasteiger partial charge in [0.05, 0.1) is 0 Å². The summed E-state index contributed by atoms with van der Waals surface area (Å²) in [6.45, 7) is 7.29. The van der Waals surface area contributed by atoms with Crippen LogP contribution in [0.3, 0.4) is 0 Å². The first kappa shape index (κ1) is 14.9. The van der Waals surface area contributed by atoms with Gasteiger partial charge in [0.2, 0.25) is 0 Å². The van der Waals surface area contributed by atoms with Gasteiger partial charge in [-0.2, -0.15) is 0 Å². The number of nitrogens with zero attached hydrogens (tertiary/aromatic N) is 1. The molecule has 110 valence electrons. The van der Waals surface area contributed by atoms with Gasteiger partial charge >= 0.3 is 0 Å². The summed E-state index contributed by atoms with van der Waals surface area (Å²) >= 11 is 0. The number of nitrogen functional groups attached to an aromatic ring is 1. The molecule has 0 atom stereocenters. The molecule has 0 saturated carbocycles. The molecule has 1 aliphatic rings. The second-order valence-electron chi connectivity index (χ2n) is 5.62. The molecule has 4 nitrogen and oxygen atoms in total. The average molecular weight is 275 g/mol. The van der Waals surface area contributed by atoms with Crippen LogP contribution >= 0.6 is 0 Å². The number of piperidine rings is 1. The largest absolute Gasteiger partial charge is 0.398 e. The number of hydrogen-bond donors (Lipinski definition) is 2. The zero-order chi connectivity index (χ0) is 14.5. The van der Waals surface area contributed by atoms with Crippen LogP contribution in [0, 0.1) is 0 Å². The van der Waals surface area contributed by atoms with E-state index in [1.54, 1.807) is 6.92 Å². The molecule has 4 heteroatoms. The first-order valence-corrected chi connectivity index (χ1v) is 7.49. The fourth-order valence-corrected chi connectivity index (χ4v) is 2.83. The number of carbonyl (C=O) groups excluding carboxylic acids is 1. The van der Waals surface area contributed by atoms with Crippen LogP contribution in [0.2, 0.25) is 0 Å². The Morgan fingerprint density at radius 3 is 2.65 bits per heavy atom. The van der Waals surface area contributed by atoms with Gasteiger partial charge in [-0.3, -0.25) is 4.79 Å². The van der Waals surface area contributed by atoms with Crippen LogP contribution in [-0.4, -0.2) is 36.4 Å². The number of anilines is 2. The zero-order valence-electron chi connectivity index (χ0n) is 12.5. The maximum Gasteiger partial charge on any atom is 0.161 e. The maximum absolute atomic E-state index is 11.4. The molecule has 1 saturated heterocycles. The van der Waals surface area contributed by atoms with Gasteiger partial charge < -0.3 is 16.0 Å². The molecule has 1 fully saturated rings. The van der Waals surface area contributed by atoms with Gasteiger partial charge in [0.1, 0.15) is 0 Å². The third-order valence-electron chi connectivity index (χ3n) is 3.93. The minimum atomic E-state index is 0.0157. The van der Waals surface area contributed by atoms with E-state index in [2.05, 4.69) is 17.1 Å². The number of benzene rings is 1. The molecule has 1 heterocycles. The van der Waals surface area contributed by atoms with Crippen molar-refractivity contribution in [3.63, 3.8) is 0 Å². The average Bonchev–Trinajstić information content (AvgIpc) is 2.41. The smallest absolute Gasteiger partial charge is 0.161 e. The van der Waals surface area contributed by atoms with Crippen molar-refractivity contribution in [2.24, 2.45) is 0 Å². The predicted octanol–water partition coefficient (Wildman–Crippen LogP) is 2.76. The predicted molar refractivity (Wildman–Crippen MR) is 84.2 cm³/mol. The molecule has 1 aromatic rings. The summed E-state index contributed by atoms with van der Waals surface area (Å²) in [7, 11) is 0. The fourth-order valence-electron chi connectivity index (χ4n) is 2.83. The van der Waals surface area contributed by atoms with Gasteiger partial charge in [-0.05, 0) is 50.9 Å². The minimum Gasteiger partial charge on any atom is -0.398 e. The summed E-state index contributed by atoms with van der Waals surface area (Å²) in [5.41, 5.74) is 8.10. The molecule has 20 heavy (non-hydrogen) atoms. The van der Waals surface area contributed by atoms with Crippen LogP contribution in [-0.2, 0) is 0 Å². The van der Waals surface area contributed by atoms with Gasteiger partial charge in [0, 0.05) is 36.1 Å². The van der Waals surface area contributed by atoms with E-state index in [4.69, 9.17) is 5.73 Å². The highest BCUT2D eigenvalue weighted by Crippen LogP contribution is 2.21. The topological polar surface area (TPSA) is 58.4 Å². The number of nitrogens with two attached hydrogens (primary N) is 1. The summed E-state index contributed by atoms with van der Waals surface area (Å²) in [5.74, 6) is 0.0157. The van der Waals surface area contributed by atoms with Crippen molar-refractivity contribution >= 4 is 17.2 Å². The highest BCUT2D eigenvalue weighted by Gasteiger charge is 2.18. The Labute approximate surface area is 121 Å². The minimum absolute atomic E-state index is 0.0157. The van der Waals surface area contributed by atoms with Crippen LogP contribution in [0.15, 0.2) is 18.2 Å². The van der Waals surface area contributed by atoms with E-state index in [0.29, 0.717) is 17.3 Å². The van der Waals surface area contributed by atoms with E-state index in [0.717, 1.165) is 31.6 Å². The molecule has 3 N–H and O–H groups in total. The quantitative estimate of drug-likeness (QED) is 0.641. The Hall–Kier alpha value is -1.55. The first-order valence-electron chi connectivity index (χ1n) is 7.49. The third-order valence-corrected chi connectivity index (χ3v) is 3.93. The summed E-state index contributed by atoms with van der Waals surface area (Å²) < 4.78 is 0. The van der Waals surface area contributed by atoms with E-state index in [1.807, 2.05) is 18.2 Å². The normalized spacial score (nSPS) is 17.1. The van der Waals surface area contributed by atoms with Crippen LogP contribution in [0.5, 0.6) is 0 Å². The summed E-state index contributed by atoms with van der Waals surface area (Å²) in [5, 5.41) is 3.53. The molecule has 0 amide bonds. The molecular weight excluding hydrogens is 250 g/mol. The van der Waals surface area contributed by atoms with Gasteiger partial charge in [-0.15, -0.1) is 0 Å². The van der Waals surface area contributed by atoms with E-state index in [-0.39, 0.29) is 5.78 Å². The lowest BCUT2D eigenvalue weighted by Gasteiger charge is -2.32. The van der Waals surface area contributed by atoms with Crippen molar-refractivity contribution in [2.45, 2.75) is 39.2 Å². The molecular formula is C16H25N3O. The lowest BCUT2D eigenvalue weighted by Crippen LogP contribution is -2.39. The molecule has 0 aromatic heterocycles. The van der Waals surface area contributed by atoms with Crippen LogP contribution in [0.4, 0.5) is 11.4 Å². The third kappa shape index (κ3) is 3.73. The summed E-state index contributed by atoms with van der Waals surface area (Å²) in [4.78, 5) is 13.9. The molecule has 2 rings (SSSR count). The number of rotatable bonds is 5. The summed E-state index contributed by atoms with van der Waals surface area (Å²) in [6, 6.07) is 6.14. The van der Waals surface area contributed by atoms with Gasteiger partial charge in [-0.25, -0.2) is 0 Å². The molecule has 1 aliphatic heterocycles. The second-order valence-corrected chi connectivity index (χ2v) is 5.62. The Bertz CT molecular complexity index is 465. The van der Waals surface area contributed by atoms with E-state index >= 15 is 0 Å². The Balaban J connectivity index is 1.91. The van der Waals surface area contributed by atoms with Crippen molar-refractivity contribution in [1.29, 1.82) is 0 Å². The molecule has 0 aliphatic carbocycles. The number of hydrogen-bond acceptors (Lipinski definition) is 4. The first-order chi connectivity index (χ1) is 9.60. The number of Topliss-reactive ketones (excluding diaryl/α,β-unsaturated/α-hetero) is 1. The highest BCUT2D eigenvalue weighted by molar-refractivity contribution is 5.99. The monoisotopic (exact) mass is 275 g/mol. The Morgan fingerprint density at radius 1 is 1.40 bits per heavy atom. The van der Waals surface area contributed by atoms with Gasteiger partial charge in [0.15, 0.2) is 5.78 Å². The highest BCUT2D eigenvalue weighted by atomic mass is 16.1. The van der Waals surface area contributed by atoms with Crippen molar-refractivity contribution in [2.75, 3.05) is 30.7 Å². The fraction of sp³-hybridized carbons (Fsp3) is 0.562. The van der Waals surface area contributed by atoms with Gasteiger partial charge in [0.25, 0.3) is 0 Å². The van der Waals surface area contributed by atoms with Gasteiger partial charge in [-0.1, -0.05) is 6.92 Å². The van der Waals surface area contributed by atoms with Crippen LogP contribution in [0.25, 0.3) is 0 Å². The van der Waals surface area contributed by atoms with Crippen molar-refractivity contribution in [3.8, 4) is 0 Å². The number of carbonyl (C=O) groups is 1. The van der Waals surface area contributed by atoms with Crippen LogP contribution < -0.4 is 11.1 Å². The second kappa shape index (κ2) is 6.75. The van der Waals surface area contributed by atoms with E-state index < -0.39 is 0 Å². The molecule has 1 aromatic carbocycles. The van der Waals surface area contributed by atoms with Crippen LogP contribution in [0.1, 0.15) is 43.5 Å². The van der Waals surface area contributed by atoms with Crippen molar-refractivity contribution in [3.05, 3.63) is 23.8 Å². The number of ketones is 1. The standard InChI is InChI=1S/C16H25N3O/c1-3-8-19-9-6-13(7-10-19)18-14-4-5-15(12(2)20)16(17)11-14/h4-5,11,13,18H,3,6-10,17H2,1-2H3. The zero-order valence-corrected chi connectivity index (χ0v) is 12.5. The Morgan fingerprint density at radius 2 is 2.10 bits per heavy atom. The number of likely N-dealkylation sites (tertiary alicyclic amines) is 1. The molecule has 0 spiro atoms. The number of nitrogens with one attached hydrogen (secondary N) is 1. The van der Waals surface area contributed by atoms with E-state index in [1.165, 1.54) is 13.0 Å². The molecule has 0 bridgehead atoms.